The molecule has 1 aliphatic rings. The van der Waals surface area contributed by atoms with Gasteiger partial charge in [-0.05, 0) is 60.6 Å². The number of halogens is 2. The van der Waals surface area contributed by atoms with E-state index in [0.29, 0.717) is 18.0 Å². The molecule has 1 aromatic heterocycles. The average Bonchev–Trinajstić information content (AvgIpc) is 2.70. The Morgan fingerprint density at radius 2 is 2.26 bits per heavy atom. The van der Waals surface area contributed by atoms with Gasteiger partial charge in [0, 0.05) is 16.2 Å². The fourth-order valence-corrected chi connectivity index (χ4v) is 3.41. The van der Waals surface area contributed by atoms with Crippen molar-refractivity contribution in [2.24, 2.45) is 0 Å². The maximum absolute atomic E-state index is 6.05. The van der Waals surface area contributed by atoms with Crippen LogP contribution in [-0.2, 0) is 10.6 Å². The lowest BCUT2D eigenvalue weighted by molar-refractivity contribution is -0.0192. The molecule has 1 aromatic carbocycles. The van der Waals surface area contributed by atoms with Crippen molar-refractivity contribution in [1.29, 1.82) is 0 Å². The summed E-state index contributed by atoms with van der Waals surface area (Å²) in [6.45, 7) is 2.84. The summed E-state index contributed by atoms with van der Waals surface area (Å²) < 4.78 is 9.15. The number of aromatic nitrogens is 2. The van der Waals surface area contributed by atoms with Gasteiger partial charge >= 0.3 is 0 Å². The minimum atomic E-state index is 0.402. The third-order valence-corrected chi connectivity index (χ3v) is 4.59. The number of ether oxygens (including phenoxy) is 1. The Bertz CT molecular complexity index is 592. The lowest BCUT2D eigenvalue weighted by Crippen LogP contribution is -2.34. The molecule has 3 nitrogen and oxygen atoms in total. The van der Waals surface area contributed by atoms with E-state index in [9.17, 15) is 0 Å². The van der Waals surface area contributed by atoms with Crippen LogP contribution in [0.5, 0.6) is 0 Å². The number of alkyl halides is 1. The molecule has 102 valence electrons. The molecule has 0 N–H and O–H groups in total. The van der Waals surface area contributed by atoms with Crippen LogP contribution in [0.25, 0.3) is 11.0 Å². The summed E-state index contributed by atoms with van der Waals surface area (Å²) in [6.07, 6.45) is 2.53. The van der Waals surface area contributed by atoms with Crippen LogP contribution in [0.4, 0.5) is 0 Å². The van der Waals surface area contributed by atoms with Crippen molar-refractivity contribution in [3.8, 4) is 0 Å². The van der Waals surface area contributed by atoms with Crippen molar-refractivity contribution in [2.75, 3.05) is 6.61 Å². The first-order valence-corrected chi connectivity index (χ1v) is 8.18. The molecule has 1 heterocycles. The number of imidazole rings is 1. The van der Waals surface area contributed by atoms with Crippen molar-refractivity contribution < 1.29 is 4.74 Å². The van der Waals surface area contributed by atoms with Crippen LogP contribution in [0, 0.1) is 3.57 Å². The Labute approximate surface area is 131 Å². The minimum absolute atomic E-state index is 0.402. The Kier molecular flexibility index (Phi) is 4.01. The number of hydrogen-bond acceptors (Lipinski definition) is 2. The second-order valence-corrected chi connectivity index (χ2v) is 6.38. The van der Waals surface area contributed by atoms with Gasteiger partial charge in [-0.2, -0.15) is 0 Å². The van der Waals surface area contributed by atoms with Crippen LogP contribution in [0.3, 0.4) is 0 Å². The van der Waals surface area contributed by atoms with Crippen LogP contribution in [0.1, 0.15) is 31.6 Å². The van der Waals surface area contributed by atoms with Crippen LogP contribution >= 0.6 is 34.2 Å². The predicted molar refractivity (Wildman–Crippen MR) is 85.7 cm³/mol. The number of nitrogens with zero attached hydrogens (tertiary/aromatic N) is 2. The van der Waals surface area contributed by atoms with E-state index in [0.717, 1.165) is 30.8 Å². The molecule has 3 rings (SSSR count). The Balaban J connectivity index is 1.94. The molecule has 0 amide bonds. The van der Waals surface area contributed by atoms with E-state index in [1.807, 2.05) is 6.92 Å². The van der Waals surface area contributed by atoms with Crippen molar-refractivity contribution >= 4 is 45.2 Å². The Hall–Kier alpha value is -0.330. The van der Waals surface area contributed by atoms with Crippen molar-refractivity contribution in [1.82, 2.24) is 9.55 Å². The molecule has 19 heavy (non-hydrogen) atoms. The molecule has 1 aliphatic carbocycles. The van der Waals surface area contributed by atoms with E-state index in [-0.39, 0.29) is 0 Å². The maximum Gasteiger partial charge on any atom is 0.125 e. The van der Waals surface area contributed by atoms with Crippen molar-refractivity contribution in [3.05, 3.63) is 27.6 Å². The standard InChI is InChI=1S/C14H16ClIN2O/c1-2-19-11-6-10(7-11)18-13-4-3-9(16)5-12(13)17-14(18)8-15/h3-5,10-11H,2,6-8H2,1H3. The highest BCUT2D eigenvalue weighted by molar-refractivity contribution is 14.1. The summed E-state index contributed by atoms with van der Waals surface area (Å²) in [6, 6.07) is 6.86. The molecule has 0 bridgehead atoms. The highest BCUT2D eigenvalue weighted by Gasteiger charge is 2.33. The lowest BCUT2D eigenvalue weighted by Gasteiger charge is -2.36. The second-order valence-electron chi connectivity index (χ2n) is 4.87. The zero-order chi connectivity index (χ0) is 13.4. The fraction of sp³-hybridized carbons (Fsp3) is 0.500. The number of fused-ring (bicyclic) bond motifs is 1. The van der Waals surface area contributed by atoms with Gasteiger partial charge in [-0.1, -0.05) is 0 Å². The minimum Gasteiger partial charge on any atom is -0.378 e. The van der Waals surface area contributed by atoms with Crippen LogP contribution in [0.15, 0.2) is 18.2 Å². The van der Waals surface area contributed by atoms with Crippen LogP contribution in [0.2, 0.25) is 0 Å². The zero-order valence-corrected chi connectivity index (χ0v) is 13.7. The molecule has 5 heteroatoms. The van der Waals surface area contributed by atoms with Gasteiger partial charge in [0.15, 0.2) is 0 Å². The molecular formula is C14H16ClIN2O. The summed E-state index contributed by atoms with van der Waals surface area (Å²) in [5, 5.41) is 0. The van der Waals surface area contributed by atoms with E-state index < -0.39 is 0 Å². The molecular weight excluding hydrogens is 375 g/mol. The van der Waals surface area contributed by atoms with Gasteiger partial charge in [0.2, 0.25) is 0 Å². The predicted octanol–water partition coefficient (Wildman–Crippen LogP) is 4.12. The quantitative estimate of drug-likeness (QED) is 0.580. The Morgan fingerprint density at radius 3 is 2.95 bits per heavy atom. The topological polar surface area (TPSA) is 27.1 Å². The number of rotatable bonds is 4. The highest BCUT2D eigenvalue weighted by atomic mass is 127. The molecule has 2 aromatic rings. The molecule has 0 unspecified atom stereocenters. The summed E-state index contributed by atoms with van der Waals surface area (Å²) in [7, 11) is 0. The first-order valence-electron chi connectivity index (χ1n) is 6.56. The highest BCUT2D eigenvalue weighted by Crippen LogP contribution is 2.38. The normalized spacial score (nSPS) is 22.7. The van der Waals surface area contributed by atoms with E-state index >= 15 is 0 Å². The SMILES string of the molecule is CCOC1CC(n2c(CCl)nc3cc(I)ccc32)C1. The van der Waals surface area contributed by atoms with Crippen LogP contribution in [-0.4, -0.2) is 22.3 Å². The van der Waals surface area contributed by atoms with Gasteiger partial charge in [0.1, 0.15) is 5.82 Å². The summed E-state index contributed by atoms with van der Waals surface area (Å²) >= 11 is 8.36. The zero-order valence-electron chi connectivity index (χ0n) is 10.8. The average molecular weight is 391 g/mol. The summed E-state index contributed by atoms with van der Waals surface area (Å²) in [5.41, 5.74) is 2.23. The first-order chi connectivity index (χ1) is 9.22. The van der Waals surface area contributed by atoms with Crippen molar-refractivity contribution in [3.63, 3.8) is 0 Å². The molecule has 1 fully saturated rings. The second kappa shape index (κ2) is 5.58. The van der Waals surface area contributed by atoms with E-state index in [2.05, 4.69) is 50.3 Å². The third kappa shape index (κ3) is 2.50. The maximum atomic E-state index is 6.05. The molecule has 0 aliphatic heterocycles. The van der Waals surface area contributed by atoms with E-state index in [4.69, 9.17) is 16.3 Å². The van der Waals surface area contributed by atoms with Gasteiger partial charge in [-0.25, -0.2) is 4.98 Å². The van der Waals surface area contributed by atoms with Gasteiger partial charge < -0.3 is 9.30 Å². The lowest BCUT2D eigenvalue weighted by atomic mass is 9.88. The van der Waals surface area contributed by atoms with Crippen LogP contribution < -0.4 is 0 Å². The molecule has 0 atom stereocenters. The monoisotopic (exact) mass is 390 g/mol. The van der Waals surface area contributed by atoms with Gasteiger partial charge in [-0.15, -0.1) is 11.6 Å². The first kappa shape index (κ1) is 13.6. The largest absolute Gasteiger partial charge is 0.378 e. The van der Waals surface area contributed by atoms with Gasteiger partial charge in [0.05, 0.1) is 23.0 Å². The molecule has 0 saturated heterocycles. The molecule has 1 saturated carbocycles. The number of benzene rings is 1. The number of hydrogen-bond donors (Lipinski definition) is 0. The summed E-state index contributed by atoms with van der Waals surface area (Å²) in [4.78, 5) is 4.65. The molecule has 0 radical (unpaired) electrons. The van der Waals surface area contributed by atoms with E-state index in [1.165, 1.54) is 9.09 Å². The fourth-order valence-electron chi connectivity index (χ4n) is 2.74. The van der Waals surface area contributed by atoms with Gasteiger partial charge in [-0.3, -0.25) is 0 Å². The third-order valence-electron chi connectivity index (χ3n) is 3.68. The van der Waals surface area contributed by atoms with Gasteiger partial charge in [0.25, 0.3) is 0 Å². The van der Waals surface area contributed by atoms with E-state index in [1.54, 1.807) is 0 Å². The summed E-state index contributed by atoms with van der Waals surface area (Å²) in [5.74, 6) is 1.43. The smallest absolute Gasteiger partial charge is 0.125 e. The Morgan fingerprint density at radius 1 is 1.47 bits per heavy atom. The van der Waals surface area contributed by atoms with Crippen molar-refractivity contribution in [2.45, 2.75) is 37.8 Å². The molecule has 0 spiro atoms.